The van der Waals surface area contributed by atoms with E-state index in [1.54, 1.807) is 27.7 Å². The van der Waals surface area contributed by atoms with Crippen LogP contribution in [-0.2, 0) is 9.31 Å². The van der Waals surface area contributed by atoms with Crippen molar-refractivity contribution in [2.24, 2.45) is 0 Å². The third-order valence-corrected chi connectivity index (χ3v) is 3.90. The first-order valence-corrected chi connectivity index (χ1v) is 6.26. The molecule has 0 unspecified atom stereocenters. The van der Waals surface area contributed by atoms with Crippen molar-refractivity contribution in [1.82, 2.24) is 0 Å². The molecule has 108 valence electrons. The second kappa shape index (κ2) is 4.80. The molecular weight excluding hydrogens is 268 g/mol. The topological polar surface area (TPSA) is 58.9 Å². The first-order chi connectivity index (χ1) is 9.05. The van der Waals surface area contributed by atoms with Crippen LogP contribution in [-0.4, -0.2) is 35.5 Å². The highest BCUT2D eigenvalue weighted by atomic mass is 19.1. The Balaban J connectivity index is 2.39. The number of hydrogen-bond acceptors (Lipinski definition) is 4. The van der Waals surface area contributed by atoms with E-state index in [0.29, 0.717) is 0 Å². The van der Waals surface area contributed by atoms with Gasteiger partial charge in [-0.25, -0.2) is 8.78 Å². The Kier molecular flexibility index (Phi) is 3.71. The highest BCUT2D eigenvalue weighted by molar-refractivity contribution is 6.63. The van der Waals surface area contributed by atoms with Crippen molar-refractivity contribution < 1.29 is 28.1 Å². The van der Waals surface area contributed by atoms with Gasteiger partial charge in [0.1, 0.15) is 11.6 Å². The average molecular weight is 284 g/mol. The molecule has 8 heteroatoms. The summed E-state index contributed by atoms with van der Waals surface area (Å²) in [5.41, 5.74) is -1.97. The Morgan fingerprint density at radius 3 is 1.95 bits per heavy atom. The predicted molar refractivity (Wildman–Crippen MR) is 71.9 cm³/mol. The van der Waals surface area contributed by atoms with Crippen LogP contribution in [0.2, 0.25) is 0 Å². The molecule has 1 aliphatic rings. The molecule has 0 radical (unpaired) electrons. The summed E-state index contributed by atoms with van der Waals surface area (Å²) in [6.07, 6.45) is 0. The van der Waals surface area contributed by atoms with Crippen LogP contribution in [0.5, 0.6) is 0 Å². The minimum atomic E-state index is -2.07. The lowest BCUT2D eigenvalue weighted by Crippen LogP contribution is -2.41. The second-order valence-electron chi connectivity index (χ2n) is 5.86. The summed E-state index contributed by atoms with van der Waals surface area (Å²) in [7, 11) is -3.11. The molecule has 0 saturated carbocycles. The lowest BCUT2D eigenvalue weighted by atomic mass is 9.73. The van der Waals surface area contributed by atoms with Crippen molar-refractivity contribution in [2.45, 2.75) is 38.9 Å². The van der Waals surface area contributed by atoms with Crippen LogP contribution in [0.3, 0.4) is 0 Å². The first kappa shape index (κ1) is 15.4. The summed E-state index contributed by atoms with van der Waals surface area (Å²) < 4.78 is 39.0. The second-order valence-corrected chi connectivity index (χ2v) is 5.86. The first-order valence-electron chi connectivity index (χ1n) is 6.26. The lowest BCUT2D eigenvalue weighted by Gasteiger charge is -2.32. The van der Waals surface area contributed by atoms with Crippen molar-refractivity contribution in [3.05, 3.63) is 23.8 Å². The molecule has 0 atom stereocenters. The SMILES string of the molecule is CC1(C)OB(c2cc(F)c(B(O)O)cc2F)OC1(C)C. The number of halogens is 2. The van der Waals surface area contributed by atoms with E-state index in [-0.39, 0.29) is 5.46 Å². The molecule has 0 spiro atoms. The van der Waals surface area contributed by atoms with Crippen LogP contribution < -0.4 is 10.9 Å². The summed E-state index contributed by atoms with van der Waals surface area (Å²) in [6.45, 7) is 7.19. The monoisotopic (exact) mass is 284 g/mol. The van der Waals surface area contributed by atoms with Crippen LogP contribution >= 0.6 is 0 Å². The van der Waals surface area contributed by atoms with E-state index in [9.17, 15) is 8.78 Å². The van der Waals surface area contributed by atoms with Crippen LogP contribution in [0.4, 0.5) is 8.78 Å². The van der Waals surface area contributed by atoms with Gasteiger partial charge in [-0.3, -0.25) is 0 Å². The molecular formula is C12H16B2F2O4. The van der Waals surface area contributed by atoms with Gasteiger partial charge < -0.3 is 19.4 Å². The van der Waals surface area contributed by atoms with Gasteiger partial charge in [0.25, 0.3) is 0 Å². The standard InChI is InChI=1S/C12H16B2F2O4/c1-11(2)12(3,4)20-14(19-11)8-6-9(15)7(13(17)18)5-10(8)16/h5-6,17-18H,1-4H3. The lowest BCUT2D eigenvalue weighted by molar-refractivity contribution is 0.00578. The van der Waals surface area contributed by atoms with Gasteiger partial charge in [-0.05, 0) is 39.8 Å². The van der Waals surface area contributed by atoms with Gasteiger partial charge in [0, 0.05) is 10.9 Å². The van der Waals surface area contributed by atoms with E-state index in [2.05, 4.69) is 0 Å². The summed E-state index contributed by atoms with van der Waals surface area (Å²) >= 11 is 0. The van der Waals surface area contributed by atoms with Crippen molar-refractivity contribution in [2.75, 3.05) is 0 Å². The molecule has 20 heavy (non-hydrogen) atoms. The quantitative estimate of drug-likeness (QED) is 0.747. The van der Waals surface area contributed by atoms with Crippen LogP contribution in [0, 0.1) is 11.6 Å². The van der Waals surface area contributed by atoms with E-state index in [1.807, 2.05) is 0 Å². The molecule has 2 rings (SSSR count). The predicted octanol–water partition coefficient (Wildman–Crippen LogP) is -0.0562. The Morgan fingerprint density at radius 2 is 1.50 bits per heavy atom. The van der Waals surface area contributed by atoms with Gasteiger partial charge in [-0.1, -0.05) is 0 Å². The molecule has 0 aromatic heterocycles. The Hall–Kier alpha value is -0.950. The number of benzene rings is 1. The maximum absolute atomic E-state index is 14.0. The molecule has 1 fully saturated rings. The smallest absolute Gasteiger partial charge is 0.423 e. The van der Waals surface area contributed by atoms with Gasteiger partial charge in [0.05, 0.1) is 11.2 Å². The molecule has 0 aliphatic carbocycles. The minimum Gasteiger partial charge on any atom is -0.423 e. The third-order valence-electron chi connectivity index (χ3n) is 3.90. The molecule has 2 N–H and O–H groups in total. The van der Waals surface area contributed by atoms with Crippen LogP contribution in [0.25, 0.3) is 0 Å². The van der Waals surface area contributed by atoms with Crippen molar-refractivity contribution in [3.8, 4) is 0 Å². The Labute approximate surface area is 117 Å². The zero-order valence-corrected chi connectivity index (χ0v) is 11.8. The third kappa shape index (κ3) is 2.48. The van der Waals surface area contributed by atoms with Crippen LogP contribution in [0.15, 0.2) is 12.1 Å². The normalized spacial score (nSPS) is 20.3. The number of rotatable bonds is 2. The zero-order chi connectivity index (χ0) is 15.3. The molecule has 1 aromatic rings. The average Bonchev–Trinajstić information content (AvgIpc) is 2.50. The van der Waals surface area contributed by atoms with E-state index in [1.165, 1.54) is 0 Å². The maximum Gasteiger partial charge on any atom is 0.497 e. The van der Waals surface area contributed by atoms with E-state index < -0.39 is 42.5 Å². The minimum absolute atomic E-state index is 0.106. The largest absolute Gasteiger partial charge is 0.497 e. The van der Waals surface area contributed by atoms with Crippen molar-refractivity contribution in [1.29, 1.82) is 0 Å². The Morgan fingerprint density at radius 1 is 1.00 bits per heavy atom. The molecule has 1 heterocycles. The summed E-state index contributed by atoms with van der Waals surface area (Å²) in [5, 5.41) is 17.9. The highest BCUT2D eigenvalue weighted by Crippen LogP contribution is 2.36. The van der Waals surface area contributed by atoms with Gasteiger partial charge in [-0.2, -0.15) is 0 Å². The molecule has 1 aliphatic heterocycles. The zero-order valence-electron chi connectivity index (χ0n) is 11.8. The van der Waals surface area contributed by atoms with E-state index >= 15 is 0 Å². The van der Waals surface area contributed by atoms with Gasteiger partial charge in [0.2, 0.25) is 0 Å². The van der Waals surface area contributed by atoms with Gasteiger partial charge in [-0.15, -0.1) is 0 Å². The summed E-state index contributed by atoms with van der Waals surface area (Å²) in [5.74, 6) is -1.74. The van der Waals surface area contributed by atoms with Crippen molar-refractivity contribution >= 4 is 25.2 Å². The molecule has 0 bridgehead atoms. The van der Waals surface area contributed by atoms with Crippen LogP contribution in [0.1, 0.15) is 27.7 Å². The van der Waals surface area contributed by atoms with Gasteiger partial charge >= 0.3 is 14.2 Å². The van der Waals surface area contributed by atoms with E-state index in [0.717, 1.165) is 12.1 Å². The fourth-order valence-electron chi connectivity index (χ4n) is 1.93. The van der Waals surface area contributed by atoms with E-state index in [4.69, 9.17) is 19.4 Å². The fourth-order valence-corrected chi connectivity index (χ4v) is 1.93. The van der Waals surface area contributed by atoms with Gasteiger partial charge in [0.15, 0.2) is 0 Å². The summed E-state index contributed by atoms with van der Waals surface area (Å²) in [4.78, 5) is 0. The maximum atomic E-state index is 14.0. The van der Waals surface area contributed by atoms with Crippen molar-refractivity contribution in [3.63, 3.8) is 0 Å². The Bertz CT molecular complexity index is 518. The molecule has 1 saturated heterocycles. The molecule has 0 amide bonds. The molecule has 4 nitrogen and oxygen atoms in total. The summed E-state index contributed by atoms with van der Waals surface area (Å²) in [6, 6.07) is 1.60. The highest BCUT2D eigenvalue weighted by Gasteiger charge is 2.52. The molecule has 1 aromatic carbocycles. The number of hydrogen-bond donors (Lipinski definition) is 2. The fraction of sp³-hybridized carbons (Fsp3) is 0.500.